The van der Waals surface area contributed by atoms with Gasteiger partial charge in [0.25, 0.3) is 5.91 Å². The van der Waals surface area contributed by atoms with Crippen LogP contribution in [0.1, 0.15) is 31.3 Å². The van der Waals surface area contributed by atoms with Gasteiger partial charge in [0, 0.05) is 5.69 Å². The van der Waals surface area contributed by atoms with Gasteiger partial charge in [0.05, 0.1) is 31.6 Å². The topological polar surface area (TPSA) is 104 Å². The Kier molecular flexibility index (Phi) is 6.49. The number of ether oxygens (including phenoxy) is 3. The third kappa shape index (κ3) is 4.85. The highest BCUT2D eigenvalue weighted by Gasteiger charge is 2.17. The molecule has 0 aliphatic rings. The lowest BCUT2D eigenvalue weighted by Crippen LogP contribution is -2.15. The molecule has 2 aromatic carbocycles. The molecule has 0 fully saturated rings. The van der Waals surface area contributed by atoms with Crippen LogP contribution in [0, 0.1) is 0 Å². The van der Waals surface area contributed by atoms with Crippen LogP contribution in [0.4, 0.5) is 5.69 Å². The summed E-state index contributed by atoms with van der Waals surface area (Å²) in [5.74, 6) is -0.500. The van der Waals surface area contributed by atoms with Crippen molar-refractivity contribution in [1.82, 2.24) is 0 Å². The van der Waals surface area contributed by atoms with E-state index in [4.69, 9.17) is 18.6 Å². The van der Waals surface area contributed by atoms with E-state index in [2.05, 4.69) is 5.32 Å². The molecule has 8 heteroatoms. The monoisotopic (exact) mass is 409 g/mol. The fourth-order valence-electron chi connectivity index (χ4n) is 2.61. The van der Waals surface area contributed by atoms with E-state index in [1.165, 1.54) is 44.7 Å². The number of methoxy groups -OCH3 is 2. The van der Waals surface area contributed by atoms with Gasteiger partial charge in [-0.15, -0.1) is 0 Å². The van der Waals surface area contributed by atoms with E-state index >= 15 is 0 Å². The molecule has 1 aromatic heterocycles. The fourth-order valence-corrected chi connectivity index (χ4v) is 2.61. The number of esters is 1. The summed E-state index contributed by atoms with van der Waals surface area (Å²) < 4.78 is 20.4. The minimum absolute atomic E-state index is 0.171. The number of benzene rings is 2. The van der Waals surface area contributed by atoms with Crippen LogP contribution >= 0.6 is 0 Å². The van der Waals surface area contributed by atoms with Gasteiger partial charge in [0.15, 0.2) is 12.4 Å². The largest absolute Gasteiger partial charge is 0.497 e. The predicted molar refractivity (Wildman–Crippen MR) is 107 cm³/mol. The Bertz CT molecular complexity index is 1040. The highest BCUT2D eigenvalue weighted by molar-refractivity contribution is 6.03. The van der Waals surface area contributed by atoms with Gasteiger partial charge in [-0.2, -0.15) is 0 Å². The summed E-state index contributed by atoms with van der Waals surface area (Å²) in [6.45, 7) is -0.459. The number of furan rings is 1. The average molecular weight is 409 g/mol. The first-order chi connectivity index (χ1) is 14.5. The minimum Gasteiger partial charge on any atom is -0.497 e. The number of Topliss-reactive ketones (excluding diaryl/α,β-unsaturated/α-hetero) is 1. The second kappa shape index (κ2) is 9.42. The molecule has 0 atom stereocenters. The van der Waals surface area contributed by atoms with Crippen LogP contribution < -0.4 is 14.8 Å². The molecule has 0 saturated carbocycles. The highest BCUT2D eigenvalue weighted by Crippen LogP contribution is 2.24. The van der Waals surface area contributed by atoms with Crippen LogP contribution in [0.5, 0.6) is 11.5 Å². The molecule has 0 unspecified atom stereocenters. The van der Waals surface area contributed by atoms with Gasteiger partial charge in [-0.05, 0) is 54.6 Å². The third-order valence-corrected chi connectivity index (χ3v) is 4.16. The van der Waals surface area contributed by atoms with Gasteiger partial charge in [-0.3, -0.25) is 9.59 Å². The summed E-state index contributed by atoms with van der Waals surface area (Å²) in [5, 5.41) is 2.64. The van der Waals surface area contributed by atoms with Gasteiger partial charge in [0.1, 0.15) is 11.5 Å². The Hall–Kier alpha value is -4.07. The molecule has 0 spiro atoms. The Morgan fingerprint density at radius 1 is 0.967 bits per heavy atom. The van der Waals surface area contributed by atoms with Crippen molar-refractivity contribution >= 4 is 23.3 Å². The molecule has 1 amide bonds. The summed E-state index contributed by atoms with van der Waals surface area (Å²) in [7, 11) is 2.92. The zero-order valence-electron chi connectivity index (χ0n) is 16.3. The SMILES string of the molecule is COc1ccc(OC)c(C(=O)COC(=O)c2ccc(NC(=O)c3ccco3)cc2)c1. The summed E-state index contributed by atoms with van der Waals surface area (Å²) in [6, 6.07) is 14.0. The lowest BCUT2D eigenvalue weighted by molar-refractivity contribution is 0.0474. The predicted octanol–water partition coefficient (Wildman–Crippen LogP) is 3.59. The van der Waals surface area contributed by atoms with Crippen molar-refractivity contribution in [2.24, 2.45) is 0 Å². The van der Waals surface area contributed by atoms with Crippen molar-refractivity contribution in [1.29, 1.82) is 0 Å². The Labute approximate surface area is 172 Å². The number of carbonyl (C=O) groups excluding carboxylic acids is 3. The molecule has 0 radical (unpaired) electrons. The van der Waals surface area contributed by atoms with E-state index in [1.807, 2.05) is 0 Å². The number of nitrogens with one attached hydrogen (secondary N) is 1. The number of hydrogen-bond donors (Lipinski definition) is 1. The van der Waals surface area contributed by atoms with Gasteiger partial charge >= 0.3 is 5.97 Å². The van der Waals surface area contributed by atoms with Crippen molar-refractivity contribution in [2.75, 3.05) is 26.1 Å². The standard InChI is InChI=1S/C22H19NO7/c1-27-16-9-10-19(28-2)17(12-16)18(24)13-30-22(26)14-5-7-15(8-6-14)23-21(25)20-4-3-11-29-20/h3-12H,13H2,1-2H3,(H,23,25). The molecule has 154 valence electrons. The van der Waals surface area contributed by atoms with Gasteiger partial charge < -0.3 is 23.9 Å². The Balaban J connectivity index is 1.60. The number of ketones is 1. The molecule has 1 heterocycles. The van der Waals surface area contributed by atoms with Crippen molar-refractivity contribution in [3.8, 4) is 11.5 Å². The van der Waals surface area contributed by atoms with Crippen molar-refractivity contribution < 1.29 is 33.0 Å². The lowest BCUT2D eigenvalue weighted by Gasteiger charge is -2.10. The number of anilines is 1. The maximum absolute atomic E-state index is 12.4. The molecule has 3 aromatic rings. The second-order valence-corrected chi connectivity index (χ2v) is 6.07. The maximum atomic E-state index is 12.4. The molecular formula is C22H19NO7. The minimum atomic E-state index is -0.672. The van der Waals surface area contributed by atoms with Crippen molar-refractivity contribution in [2.45, 2.75) is 0 Å². The van der Waals surface area contributed by atoms with Crippen LogP contribution in [0.2, 0.25) is 0 Å². The number of carbonyl (C=O) groups is 3. The van der Waals surface area contributed by atoms with Crippen molar-refractivity contribution in [3.05, 3.63) is 77.7 Å². The molecule has 3 rings (SSSR count). The smallest absolute Gasteiger partial charge is 0.338 e. The molecule has 0 bridgehead atoms. The van der Waals surface area contributed by atoms with Crippen LogP contribution in [-0.2, 0) is 4.74 Å². The summed E-state index contributed by atoms with van der Waals surface area (Å²) in [6.07, 6.45) is 1.40. The first kappa shape index (κ1) is 20.7. The summed E-state index contributed by atoms with van der Waals surface area (Å²) >= 11 is 0. The van der Waals surface area contributed by atoms with Gasteiger partial charge in [-0.1, -0.05) is 0 Å². The first-order valence-electron chi connectivity index (χ1n) is 8.89. The average Bonchev–Trinajstić information content (AvgIpc) is 3.32. The Morgan fingerprint density at radius 2 is 1.73 bits per heavy atom. The van der Waals surface area contributed by atoms with Gasteiger partial charge in [-0.25, -0.2) is 4.79 Å². The number of rotatable bonds is 8. The van der Waals surface area contributed by atoms with Crippen LogP contribution in [0.25, 0.3) is 0 Å². The van der Waals surface area contributed by atoms with E-state index in [1.54, 1.807) is 30.3 Å². The summed E-state index contributed by atoms with van der Waals surface area (Å²) in [5.41, 5.74) is 0.960. The zero-order chi connectivity index (χ0) is 21.5. The van der Waals surface area contributed by atoms with Crippen LogP contribution in [0.3, 0.4) is 0 Å². The quantitative estimate of drug-likeness (QED) is 0.448. The molecular weight excluding hydrogens is 390 g/mol. The second-order valence-electron chi connectivity index (χ2n) is 6.07. The van der Waals surface area contributed by atoms with Gasteiger partial charge in [0.2, 0.25) is 5.78 Å². The molecule has 8 nitrogen and oxygen atoms in total. The van der Waals surface area contributed by atoms with Crippen LogP contribution in [-0.4, -0.2) is 38.5 Å². The lowest BCUT2D eigenvalue weighted by atomic mass is 10.1. The summed E-state index contributed by atoms with van der Waals surface area (Å²) in [4.78, 5) is 36.6. The highest BCUT2D eigenvalue weighted by atomic mass is 16.5. The normalized spacial score (nSPS) is 10.2. The van der Waals surface area contributed by atoms with Crippen molar-refractivity contribution in [3.63, 3.8) is 0 Å². The van der Waals surface area contributed by atoms with E-state index < -0.39 is 24.3 Å². The molecule has 0 aliphatic heterocycles. The third-order valence-electron chi connectivity index (χ3n) is 4.16. The zero-order valence-corrected chi connectivity index (χ0v) is 16.3. The fraction of sp³-hybridized carbons (Fsp3) is 0.136. The molecule has 30 heavy (non-hydrogen) atoms. The van der Waals surface area contributed by atoms with E-state index in [0.29, 0.717) is 17.2 Å². The van der Waals surface area contributed by atoms with E-state index in [0.717, 1.165) is 0 Å². The first-order valence-corrected chi connectivity index (χ1v) is 8.89. The number of amides is 1. The van der Waals surface area contributed by atoms with E-state index in [-0.39, 0.29) is 16.9 Å². The molecule has 0 aliphatic carbocycles. The number of hydrogen-bond acceptors (Lipinski definition) is 7. The molecule has 0 saturated heterocycles. The maximum Gasteiger partial charge on any atom is 0.338 e. The molecule has 1 N–H and O–H groups in total. The van der Waals surface area contributed by atoms with E-state index in [9.17, 15) is 14.4 Å². The Morgan fingerprint density at radius 3 is 2.37 bits per heavy atom. The van der Waals surface area contributed by atoms with Crippen LogP contribution in [0.15, 0.2) is 65.3 Å².